The maximum Gasteiger partial charge on any atom is 0.0791 e. The van der Waals surface area contributed by atoms with E-state index in [1.807, 2.05) is 42.5 Å². The van der Waals surface area contributed by atoms with Gasteiger partial charge in [-0.2, -0.15) is 0 Å². The lowest BCUT2D eigenvalue weighted by molar-refractivity contribution is -0.0545. The summed E-state index contributed by atoms with van der Waals surface area (Å²) in [6.07, 6.45) is 6.75. The lowest BCUT2D eigenvalue weighted by atomic mass is 10.00. The van der Waals surface area contributed by atoms with E-state index in [9.17, 15) is 5.11 Å². The molecule has 0 unspecified atom stereocenters. The van der Waals surface area contributed by atoms with Crippen molar-refractivity contribution in [2.24, 2.45) is 0 Å². The van der Waals surface area contributed by atoms with E-state index in [4.69, 9.17) is 4.74 Å². The van der Waals surface area contributed by atoms with Crippen molar-refractivity contribution in [2.45, 2.75) is 31.2 Å². The highest BCUT2D eigenvalue weighted by Crippen LogP contribution is 2.21. The van der Waals surface area contributed by atoms with Crippen molar-refractivity contribution < 1.29 is 9.84 Å². The first-order valence-electron chi connectivity index (χ1n) is 5.97. The van der Waals surface area contributed by atoms with Crippen LogP contribution in [0, 0.1) is 0 Å². The molecule has 0 aliphatic carbocycles. The predicted molar refractivity (Wildman–Crippen MR) is 69.6 cm³/mol. The molecule has 17 heavy (non-hydrogen) atoms. The van der Waals surface area contributed by atoms with Crippen LogP contribution < -0.4 is 0 Å². The third-order valence-corrected chi connectivity index (χ3v) is 2.92. The Hall–Kier alpha value is -1.38. The number of ether oxygens (including phenoxy) is 1. The first-order valence-corrected chi connectivity index (χ1v) is 5.97. The number of hydrogen-bond donors (Lipinski definition) is 1. The van der Waals surface area contributed by atoms with Crippen LogP contribution in [0.25, 0.3) is 6.08 Å². The van der Waals surface area contributed by atoms with Crippen molar-refractivity contribution >= 4 is 6.08 Å². The lowest BCUT2D eigenvalue weighted by Crippen LogP contribution is -2.33. The normalized spacial score (nSPS) is 29.4. The van der Waals surface area contributed by atoms with E-state index in [1.165, 1.54) is 0 Å². The van der Waals surface area contributed by atoms with E-state index < -0.39 is 0 Å². The molecule has 1 aromatic rings. The topological polar surface area (TPSA) is 29.5 Å². The molecule has 2 rings (SSSR count). The molecule has 3 atom stereocenters. The Morgan fingerprint density at radius 2 is 1.88 bits per heavy atom. The van der Waals surface area contributed by atoms with Gasteiger partial charge in [-0.25, -0.2) is 0 Å². The number of benzene rings is 1. The Morgan fingerprint density at radius 3 is 2.59 bits per heavy atom. The fourth-order valence-electron chi connectivity index (χ4n) is 2.03. The quantitative estimate of drug-likeness (QED) is 0.809. The molecule has 0 bridgehead atoms. The highest BCUT2D eigenvalue weighted by atomic mass is 16.5. The van der Waals surface area contributed by atoms with E-state index in [2.05, 4.69) is 6.58 Å². The Kier molecular flexibility index (Phi) is 4.13. The highest BCUT2D eigenvalue weighted by Gasteiger charge is 2.24. The van der Waals surface area contributed by atoms with Crippen molar-refractivity contribution in [3.8, 4) is 0 Å². The van der Waals surface area contributed by atoms with Gasteiger partial charge >= 0.3 is 0 Å². The van der Waals surface area contributed by atoms with Gasteiger partial charge in [0.25, 0.3) is 0 Å². The van der Waals surface area contributed by atoms with Gasteiger partial charge < -0.3 is 9.84 Å². The van der Waals surface area contributed by atoms with Crippen molar-refractivity contribution in [1.29, 1.82) is 0 Å². The Labute approximate surface area is 102 Å². The molecule has 1 heterocycles. The van der Waals surface area contributed by atoms with Crippen molar-refractivity contribution in [3.63, 3.8) is 0 Å². The summed E-state index contributed by atoms with van der Waals surface area (Å²) in [4.78, 5) is 0. The monoisotopic (exact) mass is 230 g/mol. The second-order valence-corrected chi connectivity index (χ2v) is 4.34. The molecular formula is C15H18O2. The molecule has 1 aliphatic rings. The van der Waals surface area contributed by atoms with Gasteiger partial charge in [0.1, 0.15) is 0 Å². The first kappa shape index (κ1) is 12.1. The average Bonchev–Trinajstić information content (AvgIpc) is 2.37. The average molecular weight is 230 g/mol. The minimum atomic E-state index is -0.294. The molecule has 0 aromatic heterocycles. The molecule has 0 amide bonds. The van der Waals surface area contributed by atoms with Crippen LogP contribution in [0.1, 0.15) is 18.4 Å². The van der Waals surface area contributed by atoms with Gasteiger partial charge in [0.05, 0.1) is 18.3 Å². The molecule has 2 nitrogen and oxygen atoms in total. The van der Waals surface area contributed by atoms with E-state index in [-0.39, 0.29) is 18.3 Å². The van der Waals surface area contributed by atoms with Crippen LogP contribution in [-0.2, 0) is 4.74 Å². The second-order valence-electron chi connectivity index (χ2n) is 4.34. The first-order chi connectivity index (χ1) is 8.28. The molecule has 1 aliphatic heterocycles. The number of rotatable bonds is 3. The van der Waals surface area contributed by atoms with Crippen LogP contribution in [0.4, 0.5) is 0 Å². The largest absolute Gasteiger partial charge is 0.393 e. The zero-order chi connectivity index (χ0) is 12.1. The van der Waals surface area contributed by atoms with Crippen LogP contribution in [0.5, 0.6) is 0 Å². The van der Waals surface area contributed by atoms with Crippen molar-refractivity contribution in [1.82, 2.24) is 0 Å². The van der Waals surface area contributed by atoms with Gasteiger partial charge in [-0.15, -0.1) is 6.58 Å². The predicted octanol–water partition coefficient (Wildman–Crippen LogP) is 2.79. The van der Waals surface area contributed by atoms with Gasteiger partial charge in [-0.05, 0) is 5.56 Å². The summed E-state index contributed by atoms with van der Waals surface area (Å²) in [5.74, 6) is 0. The lowest BCUT2D eigenvalue weighted by Gasteiger charge is -2.29. The fourth-order valence-corrected chi connectivity index (χ4v) is 2.03. The van der Waals surface area contributed by atoms with E-state index in [0.29, 0.717) is 12.8 Å². The molecule has 1 aromatic carbocycles. The summed E-state index contributed by atoms with van der Waals surface area (Å²) in [6.45, 7) is 3.71. The molecule has 0 spiro atoms. The smallest absolute Gasteiger partial charge is 0.0791 e. The van der Waals surface area contributed by atoms with E-state index in [1.54, 1.807) is 6.08 Å². The van der Waals surface area contributed by atoms with Crippen LogP contribution in [0.3, 0.4) is 0 Å². The molecule has 2 heteroatoms. The van der Waals surface area contributed by atoms with Gasteiger partial charge in [0, 0.05) is 12.8 Å². The van der Waals surface area contributed by atoms with Crippen LogP contribution >= 0.6 is 0 Å². The molecule has 1 saturated heterocycles. The SMILES string of the molecule is C=C[C@H]1C[C@H](O)C[C@@H](/C=C/c2ccccc2)O1. The summed E-state index contributed by atoms with van der Waals surface area (Å²) in [7, 11) is 0. The zero-order valence-electron chi connectivity index (χ0n) is 9.83. The van der Waals surface area contributed by atoms with E-state index in [0.717, 1.165) is 5.56 Å². The van der Waals surface area contributed by atoms with Gasteiger partial charge in [-0.3, -0.25) is 0 Å². The summed E-state index contributed by atoms with van der Waals surface area (Å²) in [6, 6.07) is 10.1. The number of aliphatic hydroxyl groups is 1. The van der Waals surface area contributed by atoms with Gasteiger partial charge in [0.2, 0.25) is 0 Å². The summed E-state index contributed by atoms with van der Waals surface area (Å²) in [5.41, 5.74) is 1.14. The standard InChI is InChI=1S/C15H18O2/c1-2-14-10-13(16)11-15(17-14)9-8-12-6-4-3-5-7-12/h2-9,13-16H,1,10-11H2/b9-8+/t13-,14-,15+/m0/s1. The molecule has 90 valence electrons. The van der Waals surface area contributed by atoms with Crippen LogP contribution in [0.2, 0.25) is 0 Å². The molecule has 0 saturated carbocycles. The third kappa shape index (κ3) is 3.55. The van der Waals surface area contributed by atoms with E-state index >= 15 is 0 Å². The van der Waals surface area contributed by atoms with Crippen molar-refractivity contribution in [2.75, 3.05) is 0 Å². The molecule has 0 radical (unpaired) electrons. The van der Waals surface area contributed by atoms with Gasteiger partial charge in [0.15, 0.2) is 0 Å². The molecular weight excluding hydrogens is 212 g/mol. The van der Waals surface area contributed by atoms with Crippen LogP contribution in [0.15, 0.2) is 49.1 Å². The zero-order valence-corrected chi connectivity index (χ0v) is 9.83. The van der Waals surface area contributed by atoms with Crippen LogP contribution in [-0.4, -0.2) is 23.4 Å². The highest BCUT2D eigenvalue weighted by molar-refractivity contribution is 5.49. The number of aliphatic hydroxyl groups excluding tert-OH is 1. The Morgan fingerprint density at radius 1 is 1.18 bits per heavy atom. The third-order valence-electron chi connectivity index (χ3n) is 2.92. The second kappa shape index (κ2) is 5.80. The summed E-state index contributed by atoms with van der Waals surface area (Å²) < 4.78 is 5.76. The number of hydrogen-bond acceptors (Lipinski definition) is 2. The molecule has 1 N–H and O–H groups in total. The maximum atomic E-state index is 9.72. The maximum absolute atomic E-state index is 9.72. The Bertz CT molecular complexity index is 383. The summed E-state index contributed by atoms with van der Waals surface area (Å²) >= 11 is 0. The summed E-state index contributed by atoms with van der Waals surface area (Å²) in [5, 5.41) is 9.72. The van der Waals surface area contributed by atoms with Crippen molar-refractivity contribution in [3.05, 3.63) is 54.6 Å². The Balaban J connectivity index is 1.98. The fraction of sp³-hybridized carbons (Fsp3) is 0.333. The minimum absolute atomic E-state index is 0.0260. The molecule has 1 fully saturated rings. The minimum Gasteiger partial charge on any atom is -0.393 e. The van der Waals surface area contributed by atoms with Gasteiger partial charge in [-0.1, -0.05) is 48.6 Å².